The minimum atomic E-state index is 0.879. The van der Waals surface area contributed by atoms with Gasteiger partial charge in [-0.1, -0.05) is 82.9 Å². The molecule has 0 spiro atoms. The fourth-order valence-electron chi connectivity index (χ4n) is 6.60. The van der Waals surface area contributed by atoms with Gasteiger partial charge in [-0.25, -0.2) is 0 Å². The summed E-state index contributed by atoms with van der Waals surface area (Å²) in [5, 5.41) is 4.57. The summed E-state index contributed by atoms with van der Waals surface area (Å²) in [6, 6.07) is 35.1. The molecule has 0 N–H and O–H groups in total. The molecule has 6 aromatic carbocycles. The smallest absolute Gasteiger partial charge is 0.136 e. The molecule has 8 rings (SSSR count). The Morgan fingerprint density at radius 3 is 1.77 bits per heavy atom. The average Bonchev–Trinajstić information content (AvgIpc) is 3.29. The number of aryl methyl sites for hydroxylation is 4. The largest absolute Gasteiger partial charge is 0.456 e. The molecule has 0 radical (unpaired) electrons. The standard InChI is InChI=1S/C38H28O2/c1-21-12-22(2)15-27(14-21)25-8-10-29-32-20-36-37(31-6-5-7-33(38(31)32)39-34(29)18-25)30-11-9-26(19-35(30)40-36)28-16-23(3)13-24(4)17-28/h5-20H,1-4H3. The maximum absolute atomic E-state index is 6.58. The number of hydrogen-bond acceptors (Lipinski definition) is 2. The van der Waals surface area contributed by atoms with E-state index >= 15 is 0 Å². The van der Waals surface area contributed by atoms with E-state index in [1.807, 2.05) is 0 Å². The third-order valence-electron chi connectivity index (χ3n) is 8.16. The summed E-state index contributed by atoms with van der Waals surface area (Å²) >= 11 is 0. The Kier molecular flexibility index (Phi) is 4.82. The van der Waals surface area contributed by atoms with E-state index in [1.54, 1.807) is 0 Å². The van der Waals surface area contributed by atoms with E-state index in [0.717, 1.165) is 60.9 Å². The van der Waals surface area contributed by atoms with E-state index < -0.39 is 0 Å². The van der Waals surface area contributed by atoms with Crippen LogP contribution in [0.1, 0.15) is 22.3 Å². The fourth-order valence-corrected chi connectivity index (χ4v) is 6.60. The number of benzene rings is 6. The lowest BCUT2D eigenvalue weighted by atomic mass is 9.90. The first-order valence-corrected chi connectivity index (χ1v) is 13.8. The van der Waals surface area contributed by atoms with Crippen LogP contribution < -0.4 is 4.74 Å². The van der Waals surface area contributed by atoms with Crippen molar-refractivity contribution in [2.75, 3.05) is 0 Å². The summed E-state index contributed by atoms with van der Waals surface area (Å²) in [6.07, 6.45) is 0. The molecule has 2 heterocycles. The summed E-state index contributed by atoms with van der Waals surface area (Å²) in [6.45, 7) is 8.58. The summed E-state index contributed by atoms with van der Waals surface area (Å²) in [4.78, 5) is 0. The van der Waals surface area contributed by atoms with Gasteiger partial charge in [-0.15, -0.1) is 0 Å². The molecule has 1 aliphatic heterocycles. The monoisotopic (exact) mass is 516 g/mol. The third kappa shape index (κ3) is 3.49. The van der Waals surface area contributed by atoms with E-state index in [1.165, 1.54) is 38.9 Å². The molecule has 192 valence electrons. The van der Waals surface area contributed by atoms with Crippen molar-refractivity contribution in [3.8, 4) is 44.9 Å². The van der Waals surface area contributed by atoms with Crippen molar-refractivity contribution in [2.24, 2.45) is 0 Å². The van der Waals surface area contributed by atoms with Crippen LogP contribution in [0.2, 0.25) is 0 Å². The number of ether oxygens (including phenoxy) is 1. The maximum atomic E-state index is 6.58. The molecule has 0 atom stereocenters. The molecule has 0 unspecified atom stereocenters. The van der Waals surface area contributed by atoms with Crippen LogP contribution in [0.15, 0.2) is 101 Å². The molecule has 2 heteroatoms. The van der Waals surface area contributed by atoms with E-state index in [-0.39, 0.29) is 0 Å². The maximum Gasteiger partial charge on any atom is 0.136 e. The van der Waals surface area contributed by atoms with Crippen LogP contribution in [0.5, 0.6) is 11.5 Å². The molecule has 0 saturated heterocycles. The zero-order valence-corrected chi connectivity index (χ0v) is 23.1. The van der Waals surface area contributed by atoms with Crippen LogP contribution in [0.4, 0.5) is 0 Å². The quantitative estimate of drug-likeness (QED) is 0.228. The Labute approximate surface area is 233 Å². The van der Waals surface area contributed by atoms with Crippen LogP contribution in [0, 0.1) is 27.7 Å². The summed E-state index contributed by atoms with van der Waals surface area (Å²) in [7, 11) is 0. The number of furan rings is 1. The van der Waals surface area contributed by atoms with E-state index in [0.29, 0.717) is 0 Å². The molecule has 0 aliphatic carbocycles. The summed E-state index contributed by atoms with van der Waals surface area (Å²) in [5.41, 5.74) is 13.8. The molecule has 0 fully saturated rings. The van der Waals surface area contributed by atoms with Gasteiger partial charge in [0, 0.05) is 27.3 Å². The van der Waals surface area contributed by atoms with Crippen LogP contribution in [0.25, 0.3) is 66.1 Å². The van der Waals surface area contributed by atoms with Gasteiger partial charge in [0.2, 0.25) is 0 Å². The highest BCUT2D eigenvalue weighted by Crippen LogP contribution is 2.51. The second kappa shape index (κ2) is 8.34. The minimum absolute atomic E-state index is 0.879. The minimum Gasteiger partial charge on any atom is -0.456 e. The molecular weight excluding hydrogens is 488 g/mol. The van der Waals surface area contributed by atoms with E-state index in [9.17, 15) is 0 Å². The zero-order valence-electron chi connectivity index (χ0n) is 23.1. The Morgan fingerprint density at radius 1 is 0.425 bits per heavy atom. The van der Waals surface area contributed by atoms with Gasteiger partial charge in [0.15, 0.2) is 0 Å². The van der Waals surface area contributed by atoms with Crippen LogP contribution in [-0.2, 0) is 0 Å². The third-order valence-corrected chi connectivity index (χ3v) is 8.16. The lowest BCUT2D eigenvalue weighted by molar-refractivity contribution is 0.487. The van der Waals surface area contributed by atoms with E-state index in [2.05, 4.69) is 125 Å². The van der Waals surface area contributed by atoms with Crippen molar-refractivity contribution < 1.29 is 9.15 Å². The Balaban J connectivity index is 1.33. The second-order valence-corrected chi connectivity index (χ2v) is 11.4. The molecule has 2 nitrogen and oxygen atoms in total. The van der Waals surface area contributed by atoms with Crippen molar-refractivity contribution in [2.45, 2.75) is 27.7 Å². The summed E-state index contributed by atoms with van der Waals surface area (Å²) < 4.78 is 13.2. The SMILES string of the molecule is Cc1cc(C)cc(-c2ccc3c(c2)Oc2cccc4c2c-3cc2oc3cc(-c5cc(C)cc(C)c5)ccc3c24)c1. The predicted molar refractivity (Wildman–Crippen MR) is 167 cm³/mol. The predicted octanol–water partition coefficient (Wildman–Crippen LogP) is 11.1. The second-order valence-electron chi connectivity index (χ2n) is 11.4. The Morgan fingerprint density at radius 2 is 1.07 bits per heavy atom. The first-order chi connectivity index (χ1) is 19.4. The van der Waals surface area contributed by atoms with Gasteiger partial charge in [-0.05, 0) is 91.7 Å². The topological polar surface area (TPSA) is 22.4 Å². The first kappa shape index (κ1) is 23.1. The highest BCUT2D eigenvalue weighted by molar-refractivity contribution is 6.24. The van der Waals surface area contributed by atoms with Crippen molar-refractivity contribution in [1.29, 1.82) is 0 Å². The molecule has 40 heavy (non-hydrogen) atoms. The number of fused-ring (bicyclic) bond motifs is 6. The van der Waals surface area contributed by atoms with E-state index in [4.69, 9.17) is 9.15 Å². The number of hydrogen-bond donors (Lipinski definition) is 0. The Hall–Kier alpha value is -4.82. The molecule has 0 bridgehead atoms. The van der Waals surface area contributed by atoms with Gasteiger partial charge < -0.3 is 9.15 Å². The van der Waals surface area contributed by atoms with Gasteiger partial charge in [0.25, 0.3) is 0 Å². The first-order valence-electron chi connectivity index (χ1n) is 13.8. The Bertz CT molecular complexity index is 2140. The highest BCUT2D eigenvalue weighted by Gasteiger charge is 2.24. The lowest BCUT2D eigenvalue weighted by Crippen LogP contribution is -1.98. The van der Waals surface area contributed by atoms with Gasteiger partial charge in [0.1, 0.15) is 22.7 Å². The van der Waals surface area contributed by atoms with Gasteiger partial charge in [-0.3, -0.25) is 0 Å². The van der Waals surface area contributed by atoms with Crippen molar-refractivity contribution in [1.82, 2.24) is 0 Å². The van der Waals surface area contributed by atoms with Gasteiger partial charge in [-0.2, -0.15) is 0 Å². The normalized spacial score (nSPS) is 12.2. The molecule has 1 aliphatic rings. The zero-order chi connectivity index (χ0) is 27.1. The molecule has 0 amide bonds. The fraction of sp³-hybridized carbons (Fsp3) is 0.105. The molecular formula is C38H28O2. The molecule has 0 saturated carbocycles. The van der Waals surface area contributed by atoms with Crippen molar-refractivity contribution in [3.05, 3.63) is 119 Å². The number of rotatable bonds is 2. The van der Waals surface area contributed by atoms with Gasteiger partial charge in [0.05, 0.1) is 0 Å². The van der Waals surface area contributed by atoms with Crippen LogP contribution >= 0.6 is 0 Å². The highest BCUT2D eigenvalue weighted by atomic mass is 16.5. The lowest BCUT2D eigenvalue weighted by Gasteiger charge is -2.22. The average molecular weight is 517 g/mol. The summed E-state index contributed by atoms with van der Waals surface area (Å²) in [5.74, 6) is 1.77. The van der Waals surface area contributed by atoms with Crippen molar-refractivity contribution in [3.63, 3.8) is 0 Å². The van der Waals surface area contributed by atoms with Crippen LogP contribution in [0.3, 0.4) is 0 Å². The molecule has 7 aromatic rings. The van der Waals surface area contributed by atoms with Crippen molar-refractivity contribution >= 4 is 32.7 Å². The van der Waals surface area contributed by atoms with Gasteiger partial charge >= 0.3 is 0 Å². The van der Waals surface area contributed by atoms with Crippen LogP contribution in [-0.4, -0.2) is 0 Å². The molecule has 1 aromatic heterocycles.